The van der Waals surface area contributed by atoms with Gasteiger partial charge in [-0.2, -0.15) is 0 Å². The highest BCUT2D eigenvalue weighted by atomic mass is 32.2. The molecular formula is C23H18FNO2S2. The number of carbonyl (C=O) groups is 1. The van der Waals surface area contributed by atoms with Crippen molar-refractivity contribution in [3.63, 3.8) is 0 Å². The van der Waals surface area contributed by atoms with Gasteiger partial charge >= 0.3 is 0 Å². The van der Waals surface area contributed by atoms with Crippen LogP contribution < -0.4 is 4.90 Å². The molecule has 2 heterocycles. The third-order valence-electron chi connectivity index (χ3n) is 4.75. The molecule has 1 fully saturated rings. The smallest absolute Gasteiger partial charge is 0.270 e. The minimum atomic E-state index is -0.299. The van der Waals surface area contributed by atoms with Crippen molar-refractivity contribution in [2.45, 2.75) is 20.3 Å². The number of aryl methyl sites for hydroxylation is 2. The van der Waals surface area contributed by atoms with Crippen LogP contribution in [0.15, 0.2) is 63.9 Å². The molecule has 0 spiro atoms. The Bertz CT molecular complexity index is 1130. The number of anilines is 1. The lowest BCUT2D eigenvalue weighted by Crippen LogP contribution is -2.29. The SMILES string of the molecule is CCc1cccc(C)c1N1C(=O)/C(=C/c2ccc(-c3ccc(F)cc3)o2)SC1=S. The molecule has 1 amide bonds. The standard InChI is InChI=1S/C23H18FNO2S2/c1-3-15-6-4-5-14(2)21(15)25-22(26)20(29-23(25)28)13-18-11-12-19(27-18)16-7-9-17(24)10-8-16/h4-13H,3H2,1-2H3/b20-13-. The third kappa shape index (κ3) is 3.78. The van der Waals surface area contributed by atoms with Gasteiger partial charge in [0.05, 0.1) is 10.6 Å². The van der Waals surface area contributed by atoms with E-state index in [4.69, 9.17) is 16.6 Å². The van der Waals surface area contributed by atoms with Crippen molar-refractivity contribution in [2.75, 3.05) is 4.90 Å². The van der Waals surface area contributed by atoms with Crippen molar-refractivity contribution >= 4 is 46.0 Å². The zero-order valence-corrected chi connectivity index (χ0v) is 17.6. The van der Waals surface area contributed by atoms with E-state index >= 15 is 0 Å². The normalized spacial score (nSPS) is 15.6. The van der Waals surface area contributed by atoms with Crippen LogP contribution in [0, 0.1) is 12.7 Å². The highest BCUT2D eigenvalue weighted by molar-refractivity contribution is 8.27. The molecule has 1 aromatic heterocycles. The van der Waals surface area contributed by atoms with Crippen LogP contribution in [0.25, 0.3) is 17.4 Å². The minimum Gasteiger partial charge on any atom is -0.457 e. The van der Waals surface area contributed by atoms with E-state index in [0.717, 1.165) is 28.8 Å². The zero-order valence-electron chi connectivity index (χ0n) is 15.9. The van der Waals surface area contributed by atoms with Gasteiger partial charge in [0.15, 0.2) is 4.32 Å². The van der Waals surface area contributed by atoms with Crippen molar-refractivity contribution in [1.82, 2.24) is 0 Å². The topological polar surface area (TPSA) is 33.5 Å². The summed E-state index contributed by atoms with van der Waals surface area (Å²) in [6.45, 7) is 4.05. The van der Waals surface area contributed by atoms with Crippen LogP contribution in [0.3, 0.4) is 0 Å². The number of hydrogen-bond donors (Lipinski definition) is 0. The first kappa shape index (κ1) is 19.6. The number of furan rings is 1. The molecule has 0 N–H and O–H groups in total. The summed E-state index contributed by atoms with van der Waals surface area (Å²) in [7, 11) is 0. The van der Waals surface area contributed by atoms with E-state index in [-0.39, 0.29) is 11.7 Å². The molecule has 0 aliphatic carbocycles. The number of benzene rings is 2. The van der Waals surface area contributed by atoms with E-state index in [9.17, 15) is 9.18 Å². The Labute approximate surface area is 178 Å². The molecule has 4 rings (SSSR count). The second-order valence-electron chi connectivity index (χ2n) is 6.66. The van der Waals surface area contributed by atoms with Gasteiger partial charge in [-0.1, -0.05) is 49.1 Å². The van der Waals surface area contributed by atoms with Crippen LogP contribution in [0.2, 0.25) is 0 Å². The van der Waals surface area contributed by atoms with Crippen molar-refractivity contribution in [3.05, 3.63) is 82.2 Å². The number of carbonyl (C=O) groups excluding carboxylic acids is 1. The van der Waals surface area contributed by atoms with Gasteiger partial charge in [-0.3, -0.25) is 9.69 Å². The fraction of sp³-hybridized carbons (Fsp3) is 0.130. The Morgan fingerprint density at radius 2 is 1.90 bits per heavy atom. The van der Waals surface area contributed by atoms with Gasteiger partial charge in [0, 0.05) is 11.6 Å². The van der Waals surface area contributed by atoms with Gasteiger partial charge in [0.25, 0.3) is 5.91 Å². The van der Waals surface area contributed by atoms with Crippen LogP contribution in [-0.4, -0.2) is 10.2 Å². The highest BCUT2D eigenvalue weighted by Crippen LogP contribution is 2.39. The van der Waals surface area contributed by atoms with E-state index < -0.39 is 0 Å². The average molecular weight is 424 g/mol. The fourth-order valence-electron chi connectivity index (χ4n) is 3.31. The predicted octanol–water partition coefficient (Wildman–Crippen LogP) is 6.36. The lowest BCUT2D eigenvalue weighted by atomic mass is 10.0. The lowest BCUT2D eigenvalue weighted by molar-refractivity contribution is -0.113. The molecule has 0 atom stereocenters. The number of nitrogens with zero attached hydrogens (tertiary/aromatic N) is 1. The summed E-state index contributed by atoms with van der Waals surface area (Å²) in [4.78, 5) is 15.3. The second kappa shape index (κ2) is 7.97. The first-order chi connectivity index (χ1) is 14.0. The van der Waals surface area contributed by atoms with Gasteiger partial charge < -0.3 is 4.42 Å². The molecule has 0 bridgehead atoms. The Morgan fingerprint density at radius 3 is 2.62 bits per heavy atom. The summed E-state index contributed by atoms with van der Waals surface area (Å²) < 4.78 is 19.5. The summed E-state index contributed by atoms with van der Waals surface area (Å²) in [6.07, 6.45) is 2.52. The molecule has 146 valence electrons. The molecule has 1 aliphatic rings. The summed E-state index contributed by atoms with van der Waals surface area (Å²) in [5.41, 5.74) is 3.73. The van der Waals surface area contributed by atoms with Crippen LogP contribution in [0.5, 0.6) is 0 Å². The first-order valence-corrected chi connectivity index (χ1v) is 10.4. The number of thioether (sulfide) groups is 1. The van der Waals surface area contributed by atoms with Gasteiger partial charge in [0.2, 0.25) is 0 Å². The van der Waals surface area contributed by atoms with Crippen molar-refractivity contribution in [2.24, 2.45) is 0 Å². The van der Waals surface area contributed by atoms with Crippen molar-refractivity contribution < 1.29 is 13.6 Å². The van der Waals surface area contributed by atoms with E-state index in [1.165, 1.54) is 23.9 Å². The molecule has 2 aromatic carbocycles. The molecule has 1 saturated heterocycles. The summed E-state index contributed by atoms with van der Waals surface area (Å²) >= 11 is 6.78. The largest absolute Gasteiger partial charge is 0.457 e. The maximum Gasteiger partial charge on any atom is 0.270 e. The molecule has 3 nitrogen and oxygen atoms in total. The van der Waals surface area contributed by atoms with E-state index in [1.54, 1.807) is 35.2 Å². The molecule has 3 aromatic rings. The molecule has 1 aliphatic heterocycles. The summed E-state index contributed by atoms with van der Waals surface area (Å²) in [5.74, 6) is 0.708. The Balaban J connectivity index is 1.65. The number of hydrogen-bond acceptors (Lipinski definition) is 4. The molecule has 6 heteroatoms. The molecule has 0 saturated carbocycles. The maximum atomic E-state index is 13.1. The number of rotatable bonds is 4. The van der Waals surface area contributed by atoms with Crippen LogP contribution in [-0.2, 0) is 11.2 Å². The van der Waals surface area contributed by atoms with E-state index in [0.29, 0.717) is 20.7 Å². The van der Waals surface area contributed by atoms with Gasteiger partial charge in [-0.05, 0) is 60.9 Å². The predicted molar refractivity (Wildman–Crippen MR) is 120 cm³/mol. The summed E-state index contributed by atoms with van der Waals surface area (Å²) in [6, 6.07) is 15.7. The van der Waals surface area contributed by atoms with Gasteiger partial charge in [-0.25, -0.2) is 4.39 Å². The molecule has 0 radical (unpaired) electrons. The minimum absolute atomic E-state index is 0.149. The van der Waals surface area contributed by atoms with Crippen molar-refractivity contribution in [3.8, 4) is 11.3 Å². The van der Waals surface area contributed by atoms with Crippen molar-refractivity contribution in [1.29, 1.82) is 0 Å². The number of para-hydroxylation sites is 1. The first-order valence-electron chi connectivity index (χ1n) is 9.20. The second-order valence-corrected chi connectivity index (χ2v) is 8.34. The van der Waals surface area contributed by atoms with E-state index in [2.05, 4.69) is 6.92 Å². The van der Waals surface area contributed by atoms with Gasteiger partial charge in [-0.15, -0.1) is 0 Å². The monoisotopic (exact) mass is 423 g/mol. The molecular weight excluding hydrogens is 405 g/mol. The quantitative estimate of drug-likeness (QED) is 0.361. The summed E-state index contributed by atoms with van der Waals surface area (Å²) in [5, 5.41) is 0. The van der Waals surface area contributed by atoms with Crippen LogP contribution in [0.1, 0.15) is 23.8 Å². The maximum absolute atomic E-state index is 13.1. The van der Waals surface area contributed by atoms with Crippen LogP contribution in [0.4, 0.5) is 10.1 Å². The fourth-order valence-corrected chi connectivity index (χ4v) is 4.57. The Hall–Kier alpha value is -2.70. The van der Waals surface area contributed by atoms with Crippen LogP contribution >= 0.6 is 24.0 Å². The average Bonchev–Trinajstić information content (AvgIpc) is 3.27. The zero-order chi connectivity index (χ0) is 20.5. The van der Waals surface area contributed by atoms with E-state index in [1.807, 2.05) is 25.1 Å². The molecule has 29 heavy (non-hydrogen) atoms. The third-order valence-corrected chi connectivity index (χ3v) is 6.05. The molecule has 0 unspecified atom stereocenters. The highest BCUT2D eigenvalue weighted by Gasteiger charge is 2.35. The number of halogens is 1. The number of amides is 1. The Kier molecular flexibility index (Phi) is 5.39. The Morgan fingerprint density at radius 1 is 1.14 bits per heavy atom. The number of thiocarbonyl (C=S) groups is 1. The van der Waals surface area contributed by atoms with Gasteiger partial charge in [0.1, 0.15) is 17.3 Å². The lowest BCUT2D eigenvalue weighted by Gasteiger charge is -2.20.